The average Bonchev–Trinajstić information content (AvgIpc) is 2.80. The number of hydrogen-bond acceptors (Lipinski definition) is 5. The van der Waals surface area contributed by atoms with E-state index in [1.165, 1.54) is 12.1 Å². The van der Waals surface area contributed by atoms with Crippen LogP contribution in [0.15, 0.2) is 55.1 Å². The summed E-state index contributed by atoms with van der Waals surface area (Å²) in [6, 6.07) is 12.9. The maximum Gasteiger partial charge on any atom is 0.418 e. The van der Waals surface area contributed by atoms with Crippen LogP contribution < -0.4 is 10.1 Å². The molecule has 2 aliphatic rings. The zero-order valence-corrected chi connectivity index (χ0v) is 17.8. The van der Waals surface area contributed by atoms with Crippen LogP contribution in [-0.4, -0.2) is 31.6 Å². The van der Waals surface area contributed by atoms with E-state index < -0.39 is 23.6 Å². The molecule has 0 bridgehead atoms. The summed E-state index contributed by atoms with van der Waals surface area (Å²) in [6.45, 7) is 4.39. The first-order valence-electron chi connectivity index (χ1n) is 10.5. The second kappa shape index (κ2) is 9.13. The van der Waals surface area contributed by atoms with E-state index in [2.05, 4.69) is 11.9 Å². The fraction of sp³-hybridized carbons (Fsp3) is 0.417. The molecule has 1 saturated carbocycles. The highest BCUT2D eigenvalue weighted by atomic mass is 19.4. The molecule has 0 amide bonds. The van der Waals surface area contributed by atoms with Crippen LogP contribution >= 0.6 is 0 Å². The van der Waals surface area contributed by atoms with Crippen molar-refractivity contribution in [1.82, 2.24) is 0 Å². The third-order valence-electron chi connectivity index (χ3n) is 6.00. The first-order chi connectivity index (χ1) is 15.3. The number of ether oxygens (including phenoxy) is 2. The van der Waals surface area contributed by atoms with E-state index in [0.717, 1.165) is 23.0 Å². The zero-order chi connectivity index (χ0) is 22.8. The predicted molar refractivity (Wildman–Crippen MR) is 114 cm³/mol. The Hall–Kier alpha value is -2.55. The summed E-state index contributed by atoms with van der Waals surface area (Å²) < 4.78 is 50.9. The molecule has 1 atom stereocenters. The predicted octanol–water partition coefficient (Wildman–Crippen LogP) is 5.83. The smallest absolute Gasteiger partial charge is 0.418 e. The molecule has 1 unspecified atom stereocenters. The Morgan fingerprint density at radius 2 is 1.78 bits per heavy atom. The molecule has 0 aromatic heterocycles. The van der Waals surface area contributed by atoms with E-state index in [0.29, 0.717) is 32.3 Å². The largest absolute Gasteiger partial charge is 0.497 e. The van der Waals surface area contributed by atoms with Gasteiger partial charge in [-0.25, -0.2) is 9.78 Å². The van der Waals surface area contributed by atoms with Gasteiger partial charge in [-0.15, -0.1) is 0 Å². The minimum atomic E-state index is -4.40. The number of hydrogen-bond donors (Lipinski definition) is 1. The maximum absolute atomic E-state index is 13.2. The Balaban J connectivity index is 1.31. The van der Waals surface area contributed by atoms with Gasteiger partial charge >= 0.3 is 6.18 Å². The van der Waals surface area contributed by atoms with Crippen molar-refractivity contribution < 1.29 is 32.4 Å². The van der Waals surface area contributed by atoms with Gasteiger partial charge in [-0.2, -0.15) is 13.2 Å². The van der Waals surface area contributed by atoms with E-state index in [4.69, 9.17) is 19.2 Å². The third kappa shape index (κ3) is 4.92. The van der Waals surface area contributed by atoms with Crippen molar-refractivity contribution in [3.63, 3.8) is 0 Å². The molecule has 1 aliphatic carbocycles. The van der Waals surface area contributed by atoms with Gasteiger partial charge in [0.1, 0.15) is 11.9 Å². The fourth-order valence-electron chi connectivity index (χ4n) is 4.08. The number of nitrogens with one attached hydrogen (secondary N) is 1. The van der Waals surface area contributed by atoms with E-state index in [9.17, 15) is 13.2 Å². The monoisotopic (exact) mass is 449 g/mol. The number of methoxy groups -OCH3 is 1. The van der Waals surface area contributed by atoms with Gasteiger partial charge in [0.15, 0.2) is 0 Å². The second-order valence-corrected chi connectivity index (χ2v) is 8.11. The molecule has 2 aromatic carbocycles. The number of benzene rings is 2. The van der Waals surface area contributed by atoms with Gasteiger partial charge in [-0.3, -0.25) is 0 Å². The molecular formula is C24H26F3NO4. The van der Waals surface area contributed by atoms with E-state index >= 15 is 0 Å². The van der Waals surface area contributed by atoms with Gasteiger partial charge in [0.25, 0.3) is 0 Å². The van der Waals surface area contributed by atoms with Gasteiger partial charge < -0.3 is 14.8 Å². The van der Waals surface area contributed by atoms with E-state index in [1.54, 1.807) is 13.2 Å². The summed E-state index contributed by atoms with van der Waals surface area (Å²) in [4.78, 5) is 11.3. The van der Waals surface area contributed by atoms with Crippen molar-refractivity contribution in [2.45, 2.75) is 49.8 Å². The van der Waals surface area contributed by atoms with Crippen LogP contribution in [0, 0.1) is 0 Å². The van der Waals surface area contributed by atoms with Gasteiger partial charge in [0.05, 0.1) is 19.3 Å². The minimum absolute atomic E-state index is 0.0959. The van der Waals surface area contributed by atoms with Crippen molar-refractivity contribution in [2.24, 2.45) is 0 Å². The lowest BCUT2D eigenvalue weighted by atomic mass is 9.89. The van der Waals surface area contributed by atoms with Gasteiger partial charge in [0, 0.05) is 24.6 Å². The molecular weight excluding hydrogens is 423 g/mol. The van der Waals surface area contributed by atoms with Crippen LogP contribution in [0.25, 0.3) is 5.57 Å². The molecule has 0 radical (unpaired) electrons. The van der Waals surface area contributed by atoms with Gasteiger partial charge in [-0.05, 0) is 48.2 Å². The van der Waals surface area contributed by atoms with Crippen molar-refractivity contribution >= 4 is 11.3 Å². The molecule has 1 N–H and O–H groups in total. The molecule has 1 spiro atoms. The molecule has 1 aliphatic heterocycles. The Kier molecular flexibility index (Phi) is 6.46. The van der Waals surface area contributed by atoms with E-state index in [1.807, 2.05) is 24.3 Å². The van der Waals surface area contributed by atoms with Crippen molar-refractivity contribution in [1.29, 1.82) is 0 Å². The van der Waals surface area contributed by atoms with Crippen LogP contribution in [0.2, 0.25) is 0 Å². The van der Waals surface area contributed by atoms with Gasteiger partial charge in [-0.1, -0.05) is 30.8 Å². The first kappa shape index (κ1) is 22.6. The topological polar surface area (TPSA) is 49.0 Å². The highest BCUT2D eigenvalue weighted by Crippen LogP contribution is 2.40. The molecule has 2 fully saturated rings. The van der Waals surface area contributed by atoms with Crippen LogP contribution in [-0.2, 0) is 20.7 Å². The number of alkyl halides is 3. The summed E-state index contributed by atoms with van der Waals surface area (Å²) in [7, 11) is 1.61. The quantitative estimate of drug-likeness (QED) is 0.583. The molecule has 4 rings (SSSR count). The lowest BCUT2D eigenvalue weighted by molar-refractivity contribution is -0.483. The van der Waals surface area contributed by atoms with Crippen LogP contribution in [0.3, 0.4) is 0 Å². The standard InChI is InChI=1S/C24H26F3NO4/c1-16(17-7-9-19(29-2)10-8-17)22-15-30-23(32-31-22)13-11-18(12-14-23)28-21-6-4-3-5-20(21)24(25,26)27/h3-10,18,22,28H,1,11-15H2,2H3. The average molecular weight is 449 g/mol. The maximum atomic E-state index is 13.2. The summed E-state index contributed by atoms with van der Waals surface area (Å²) in [5.74, 6) is -0.126. The van der Waals surface area contributed by atoms with Gasteiger partial charge in [0.2, 0.25) is 5.79 Å². The van der Waals surface area contributed by atoms with Crippen molar-refractivity contribution in [3.8, 4) is 5.75 Å². The third-order valence-corrected chi connectivity index (χ3v) is 6.00. The highest BCUT2D eigenvalue weighted by Gasteiger charge is 2.44. The minimum Gasteiger partial charge on any atom is -0.497 e. The second-order valence-electron chi connectivity index (χ2n) is 8.11. The van der Waals surface area contributed by atoms with Crippen LogP contribution in [0.4, 0.5) is 18.9 Å². The SMILES string of the molecule is C=C(c1ccc(OC)cc1)C1COC2(CCC(Nc3ccccc3C(F)(F)F)CC2)OO1. The Morgan fingerprint density at radius 3 is 2.38 bits per heavy atom. The summed E-state index contributed by atoms with van der Waals surface area (Å²) in [5, 5.41) is 3.04. The lowest BCUT2D eigenvalue weighted by Gasteiger charge is -2.43. The normalized spacial score (nSPS) is 26.0. The fourth-order valence-corrected chi connectivity index (χ4v) is 4.08. The Labute approximate surface area is 185 Å². The van der Waals surface area contributed by atoms with E-state index in [-0.39, 0.29) is 11.7 Å². The Morgan fingerprint density at radius 1 is 1.09 bits per heavy atom. The number of rotatable bonds is 5. The Bertz CT molecular complexity index is 927. The summed E-state index contributed by atoms with van der Waals surface area (Å²) >= 11 is 0. The highest BCUT2D eigenvalue weighted by molar-refractivity contribution is 5.67. The molecule has 2 aromatic rings. The number of anilines is 1. The lowest BCUT2D eigenvalue weighted by Crippen LogP contribution is -2.49. The number of para-hydroxylation sites is 1. The van der Waals surface area contributed by atoms with Crippen molar-refractivity contribution in [3.05, 3.63) is 66.2 Å². The molecule has 5 nitrogen and oxygen atoms in total. The molecule has 1 saturated heterocycles. The summed E-state index contributed by atoms with van der Waals surface area (Å²) in [5.41, 5.74) is 1.07. The molecule has 172 valence electrons. The van der Waals surface area contributed by atoms with Crippen LogP contribution in [0.1, 0.15) is 36.8 Å². The first-order valence-corrected chi connectivity index (χ1v) is 10.5. The number of halogens is 3. The zero-order valence-electron chi connectivity index (χ0n) is 17.8. The van der Waals surface area contributed by atoms with Crippen LogP contribution in [0.5, 0.6) is 5.75 Å². The summed E-state index contributed by atoms with van der Waals surface area (Å²) in [6.07, 6.45) is -2.62. The molecule has 1 heterocycles. The molecule has 8 heteroatoms. The molecule has 32 heavy (non-hydrogen) atoms. The van der Waals surface area contributed by atoms with Crippen molar-refractivity contribution in [2.75, 3.05) is 19.0 Å².